The van der Waals surface area contributed by atoms with Crippen molar-refractivity contribution in [2.45, 2.75) is 20.3 Å². The van der Waals surface area contributed by atoms with E-state index >= 15 is 0 Å². The van der Waals surface area contributed by atoms with Gasteiger partial charge in [-0.05, 0) is 25.8 Å². The summed E-state index contributed by atoms with van der Waals surface area (Å²) in [5.74, 6) is 0.986. The van der Waals surface area contributed by atoms with Gasteiger partial charge in [-0.2, -0.15) is 0 Å². The van der Waals surface area contributed by atoms with Gasteiger partial charge in [0.05, 0.1) is 0 Å². The smallest absolute Gasteiger partial charge is 0.152 e. The van der Waals surface area contributed by atoms with E-state index < -0.39 is 0 Å². The summed E-state index contributed by atoms with van der Waals surface area (Å²) < 4.78 is 5.33. The summed E-state index contributed by atoms with van der Waals surface area (Å²) in [7, 11) is 0. The minimum atomic E-state index is 0.759. The lowest BCUT2D eigenvalue weighted by molar-refractivity contribution is 0.326. The first kappa shape index (κ1) is 9.63. The van der Waals surface area contributed by atoms with E-state index in [2.05, 4.69) is 13.5 Å². The SMILES string of the molecule is C=C(O/C(=C\C)CC)SC. The third kappa shape index (κ3) is 3.62. The second kappa shape index (κ2) is 5.42. The van der Waals surface area contributed by atoms with Crippen LogP contribution in [-0.2, 0) is 4.74 Å². The number of hydrogen-bond donors (Lipinski definition) is 0. The Morgan fingerprint density at radius 3 is 2.60 bits per heavy atom. The van der Waals surface area contributed by atoms with Crippen molar-refractivity contribution >= 4 is 11.8 Å². The van der Waals surface area contributed by atoms with Crippen molar-refractivity contribution in [3.8, 4) is 0 Å². The quantitative estimate of drug-likeness (QED) is 0.581. The van der Waals surface area contributed by atoms with Gasteiger partial charge in [-0.25, -0.2) is 0 Å². The predicted molar refractivity (Wildman–Crippen MR) is 47.8 cm³/mol. The Morgan fingerprint density at radius 2 is 2.30 bits per heavy atom. The van der Waals surface area contributed by atoms with Crippen LogP contribution < -0.4 is 0 Å². The minimum Gasteiger partial charge on any atom is -0.456 e. The predicted octanol–water partition coefficient (Wildman–Crippen LogP) is 3.15. The molecular weight excluding hydrogens is 144 g/mol. The van der Waals surface area contributed by atoms with Crippen LogP contribution in [0.3, 0.4) is 0 Å². The van der Waals surface area contributed by atoms with Crippen LogP contribution >= 0.6 is 11.8 Å². The van der Waals surface area contributed by atoms with Crippen LogP contribution in [0.4, 0.5) is 0 Å². The molecule has 0 aliphatic rings. The van der Waals surface area contributed by atoms with Gasteiger partial charge >= 0.3 is 0 Å². The molecule has 0 spiro atoms. The summed E-state index contributed by atoms with van der Waals surface area (Å²) in [5.41, 5.74) is 0. The van der Waals surface area contributed by atoms with Gasteiger partial charge in [0.15, 0.2) is 5.09 Å². The van der Waals surface area contributed by atoms with Crippen LogP contribution in [-0.4, -0.2) is 6.26 Å². The highest BCUT2D eigenvalue weighted by Crippen LogP contribution is 2.16. The number of allylic oxidation sites excluding steroid dienone is 2. The third-order valence-corrected chi connectivity index (χ3v) is 1.68. The standard InChI is InChI=1S/C8H14OS/c1-5-8(6-2)9-7(3)10-4/h5H,3,6H2,1-2,4H3/b8-5-. The van der Waals surface area contributed by atoms with Gasteiger partial charge in [-0.1, -0.05) is 18.7 Å². The van der Waals surface area contributed by atoms with E-state index in [4.69, 9.17) is 4.74 Å². The van der Waals surface area contributed by atoms with Crippen LogP contribution in [0.15, 0.2) is 23.5 Å². The van der Waals surface area contributed by atoms with Crippen LogP contribution in [0.2, 0.25) is 0 Å². The molecule has 1 nitrogen and oxygen atoms in total. The molecule has 0 aliphatic heterocycles. The van der Waals surface area contributed by atoms with Gasteiger partial charge in [0, 0.05) is 6.42 Å². The first-order valence-electron chi connectivity index (χ1n) is 3.30. The van der Waals surface area contributed by atoms with Gasteiger partial charge in [0.2, 0.25) is 0 Å². The minimum absolute atomic E-state index is 0.759. The Kier molecular flexibility index (Phi) is 5.22. The van der Waals surface area contributed by atoms with Crippen LogP contribution in [0, 0.1) is 0 Å². The molecule has 0 heterocycles. The molecule has 0 bridgehead atoms. The molecule has 0 aromatic carbocycles. The summed E-state index contributed by atoms with van der Waals surface area (Å²) in [6.07, 6.45) is 4.84. The molecule has 0 atom stereocenters. The lowest BCUT2D eigenvalue weighted by atomic mass is 10.4. The topological polar surface area (TPSA) is 9.23 Å². The van der Waals surface area contributed by atoms with Gasteiger partial charge in [0.25, 0.3) is 0 Å². The molecule has 0 radical (unpaired) electrons. The first-order chi connectivity index (χ1) is 4.74. The van der Waals surface area contributed by atoms with Crippen LogP contribution in [0.25, 0.3) is 0 Å². The molecule has 2 heteroatoms. The zero-order valence-corrected chi connectivity index (χ0v) is 7.62. The van der Waals surface area contributed by atoms with Crippen molar-refractivity contribution in [2.75, 3.05) is 6.26 Å². The van der Waals surface area contributed by atoms with Gasteiger partial charge in [0.1, 0.15) is 5.76 Å². The number of hydrogen-bond acceptors (Lipinski definition) is 2. The van der Waals surface area contributed by atoms with Crippen molar-refractivity contribution in [1.29, 1.82) is 0 Å². The summed E-state index contributed by atoms with van der Waals surface area (Å²) in [6.45, 7) is 7.73. The summed E-state index contributed by atoms with van der Waals surface area (Å²) in [5, 5.41) is 0.759. The molecule has 0 unspecified atom stereocenters. The average molecular weight is 158 g/mol. The fraction of sp³-hybridized carbons (Fsp3) is 0.500. The largest absolute Gasteiger partial charge is 0.456 e. The van der Waals surface area contributed by atoms with E-state index in [0.717, 1.165) is 17.3 Å². The highest BCUT2D eigenvalue weighted by Gasteiger charge is 1.94. The summed E-state index contributed by atoms with van der Waals surface area (Å²) in [6, 6.07) is 0. The van der Waals surface area contributed by atoms with Crippen molar-refractivity contribution < 1.29 is 4.74 Å². The Bertz CT molecular complexity index is 138. The molecule has 0 fully saturated rings. The highest BCUT2D eigenvalue weighted by molar-refractivity contribution is 8.02. The average Bonchev–Trinajstić information content (AvgIpc) is 1.99. The monoisotopic (exact) mass is 158 g/mol. The van der Waals surface area contributed by atoms with Crippen LogP contribution in [0.1, 0.15) is 20.3 Å². The summed E-state index contributed by atoms with van der Waals surface area (Å²) >= 11 is 1.53. The maximum absolute atomic E-state index is 5.33. The zero-order valence-electron chi connectivity index (χ0n) is 6.81. The van der Waals surface area contributed by atoms with Crippen molar-refractivity contribution in [3.05, 3.63) is 23.5 Å². The third-order valence-electron chi connectivity index (χ3n) is 1.14. The molecule has 0 aromatic rings. The molecule has 0 rings (SSSR count). The molecule has 0 amide bonds. The highest BCUT2D eigenvalue weighted by atomic mass is 32.2. The van der Waals surface area contributed by atoms with E-state index in [9.17, 15) is 0 Å². The fourth-order valence-corrected chi connectivity index (χ4v) is 0.713. The van der Waals surface area contributed by atoms with Gasteiger partial charge < -0.3 is 4.74 Å². The molecular formula is C8H14OS. The maximum Gasteiger partial charge on any atom is 0.152 e. The second-order valence-electron chi connectivity index (χ2n) is 1.79. The lowest BCUT2D eigenvalue weighted by Gasteiger charge is -2.06. The number of thioether (sulfide) groups is 1. The van der Waals surface area contributed by atoms with E-state index in [0.29, 0.717) is 0 Å². The summed E-state index contributed by atoms with van der Waals surface area (Å²) in [4.78, 5) is 0. The molecule has 0 saturated carbocycles. The number of ether oxygens (including phenoxy) is 1. The molecule has 0 aromatic heterocycles. The van der Waals surface area contributed by atoms with Crippen molar-refractivity contribution in [3.63, 3.8) is 0 Å². The fourth-order valence-electron chi connectivity index (χ4n) is 0.523. The Balaban J connectivity index is 3.76. The molecule has 0 N–H and O–H groups in total. The molecule has 0 aliphatic carbocycles. The first-order valence-corrected chi connectivity index (χ1v) is 4.53. The normalized spacial score (nSPS) is 11.3. The Morgan fingerprint density at radius 1 is 1.70 bits per heavy atom. The van der Waals surface area contributed by atoms with E-state index in [-0.39, 0.29) is 0 Å². The Hall–Kier alpha value is -0.370. The van der Waals surface area contributed by atoms with Gasteiger partial charge in [-0.3, -0.25) is 0 Å². The molecule has 0 saturated heterocycles. The Labute approximate surface area is 67.2 Å². The van der Waals surface area contributed by atoms with Crippen molar-refractivity contribution in [1.82, 2.24) is 0 Å². The van der Waals surface area contributed by atoms with Gasteiger partial charge in [-0.15, -0.1) is 0 Å². The van der Waals surface area contributed by atoms with E-state index in [1.165, 1.54) is 11.8 Å². The molecule has 58 valence electrons. The van der Waals surface area contributed by atoms with E-state index in [1.807, 2.05) is 19.3 Å². The number of rotatable bonds is 4. The maximum atomic E-state index is 5.33. The molecule has 10 heavy (non-hydrogen) atoms. The van der Waals surface area contributed by atoms with E-state index in [1.54, 1.807) is 0 Å². The van der Waals surface area contributed by atoms with Crippen LogP contribution in [0.5, 0.6) is 0 Å². The lowest BCUT2D eigenvalue weighted by Crippen LogP contribution is -1.86. The van der Waals surface area contributed by atoms with Crippen molar-refractivity contribution in [2.24, 2.45) is 0 Å². The second-order valence-corrected chi connectivity index (χ2v) is 2.65. The zero-order chi connectivity index (χ0) is 7.98.